The van der Waals surface area contributed by atoms with Crippen LogP contribution in [0.4, 0.5) is 5.82 Å². The molecule has 1 aliphatic heterocycles. The number of aryl methyl sites for hydroxylation is 1. The first-order valence-electron chi connectivity index (χ1n) is 7.25. The summed E-state index contributed by atoms with van der Waals surface area (Å²) in [5.41, 5.74) is 2.68. The zero-order valence-corrected chi connectivity index (χ0v) is 12.0. The van der Waals surface area contributed by atoms with E-state index < -0.39 is 0 Å². The molecule has 3 heteroatoms. The fraction of sp³-hybridized carbons (Fsp3) is 0.353. The van der Waals surface area contributed by atoms with Crippen LogP contribution < -0.4 is 4.90 Å². The van der Waals surface area contributed by atoms with Crippen LogP contribution in [0.2, 0.25) is 0 Å². The van der Waals surface area contributed by atoms with E-state index >= 15 is 0 Å². The van der Waals surface area contributed by atoms with Crippen molar-refractivity contribution in [3.8, 4) is 0 Å². The third kappa shape index (κ3) is 3.17. The lowest BCUT2D eigenvalue weighted by Gasteiger charge is -2.35. The lowest BCUT2D eigenvalue weighted by atomic mass is 10.2. The number of hydrogen-bond acceptors (Lipinski definition) is 3. The van der Waals surface area contributed by atoms with Gasteiger partial charge in [0.25, 0.3) is 0 Å². The van der Waals surface area contributed by atoms with Gasteiger partial charge in [0.05, 0.1) is 0 Å². The summed E-state index contributed by atoms with van der Waals surface area (Å²) in [6.07, 6.45) is 1.90. The van der Waals surface area contributed by atoms with E-state index in [1.165, 1.54) is 11.1 Å². The standard InChI is InChI=1S/C17H21N3/c1-15-7-8-18-17(13-15)20-11-9-19(10-12-20)14-16-5-3-2-4-6-16/h2-8,13H,9-12,14H2,1H3. The molecule has 1 aliphatic rings. The first kappa shape index (κ1) is 13.1. The smallest absolute Gasteiger partial charge is 0.128 e. The number of nitrogens with zero attached hydrogens (tertiary/aromatic N) is 3. The van der Waals surface area contributed by atoms with Crippen molar-refractivity contribution in [1.82, 2.24) is 9.88 Å². The Bertz CT molecular complexity index is 545. The van der Waals surface area contributed by atoms with Gasteiger partial charge >= 0.3 is 0 Å². The minimum atomic E-state index is 1.05. The highest BCUT2D eigenvalue weighted by Gasteiger charge is 2.17. The van der Waals surface area contributed by atoms with Crippen molar-refractivity contribution in [2.24, 2.45) is 0 Å². The molecule has 1 saturated heterocycles. The highest BCUT2D eigenvalue weighted by atomic mass is 15.3. The van der Waals surface area contributed by atoms with Gasteiger partial charge in [0.15, 0.2) is 0 Å². The topological polar surface area (TPSA) is 19.4 Å². The van der Waals surface area contributed by atoms with Crippen molar-refractivity contribution in [1.29, 1.82) is 0 Å². The second-order valence-electron chi connectivity index (χ2n) is 5.44. The summed E-state index contributed by atoms with van der Waals surface area (Å²) in [6, 6.07) is 14.9. The average molecular weight is 267 g/mol. The van der Waals surface area contributed by atoms with Crippen molar-refractivity contribution in [2.75, 3.05) is 31.1 Å². The quantitative estimate of drug-likeness (QED) is 0.852. The van der Waals surface area contributed by atoms with Crippen LogP contribution in [0, 0.1) is 6.92 Å². The summed E-state index contributed by atoms with van der Waals surface area (Å²) >= 11 is 0. The fourth-order valence-electron chi connectivity index (χ4n) is 2.67. The summed E-state index contributed by atoms with van der Waals surface area (Å²) in [6.45, 7) is 7.49. The molecule has 1 aromatic carbocycles. The molecule has 104 valence electrons. The van der Waals surface area contributed by atoms with Crippen molar-refractivity contribution >= 4 is 5.82 Å². The van der Waals surface area contributed by atoms with Crippen LogP contribution in [0.1, 0.15) is 11.1 Å². The zero-order valence-electron chi connectivity index (χ0n) is 12.0. The molecule has 3 nitrogen and oxygen atoms in total. The largest absolute Gasteiger partial charge is 0.354 e. The van der Waals surface area contributed by atoms with Crippen molar-refractivity contribution in [3.63, 3.8) is 0 Å². The Kier molecular flexibility index (Phi) is 3.97. The molecule has 0 atom stereocenters. The van der Waals surface area contributed by atoms with Crippen LogP contribution in [0.5, 0.6) is 0 Å². The summed E-state index contributed by atoms with van der Waals surface area (Å²) < 4.78 is 0. The second-order valence-corrected chi connectivity index (χ2v) is 5.44. The third-order valence-electron chi connectivity index (χ3n) is 3.85. The molecule has 2 aromatic rings. The van der Waals surface area contributed by atoms with E-state index in [0.29, 0.717) is 0 Å². The van der Waals surface area contributed by atoms with Gasteiger partial charge in [-0.3, -0.25) is 4.90 Å². The van der Waals surface area contributed by atoms with Crippen LogP contribution >= 0.6 is 0 Å². The predicted octanol–water partition coefficient (Wildman–Crippen LogP) is 2.71. The summed E-state index contributed by atoms with van der Waals surface area (Å²) in [5, 5.41) is 0. The lowest BCUT2D eigenvalue weighted by molar-refractivity contribution is 0.249. The minimum Gasteiger partial charge on any atom is -0.354 e. The molecule has 2 heterocycles. The SMILES string of the molecule is Cc1ccnc(N2CCN(Cc3ccccc3)CC2)c1. The lowest BCUT2D eigenvalue weighted by Crippen LogP contribution is -2.46. The molecule has 0 saturated carbocycles. The average Bonchev–Trinajstić information content (AvgIpc) is 2.49. The summed E-state index contributed by atoms with van der Waals surface area (Å²) in [4.78, 5) is 9.38. The third-order valence-corrected chi connectivity index (χ3v) is 3.85. The first-order chi connectivity index (χ1) is 9.81. The monoisotopic (exact) mass is 267 g/mol. The van der Waals surface area contributed by atoms with Crippen LogP contribution in [0.15, 0.2) is 48.7 Å². The van der Waals surface area contributed by atoms with Gasteiger partial charge in [0.2, 0.25) is 0 Å². The van der Waals surface area contributed by atoms with E-state index in [1.54, 1.807) is 0 Å². The molecule has 0 radical (unpaired) electrons. The zero-order chi connectivity index (χ0) is 13.8. The molecule has 0 bridgehead atoms. The van der Waals surface area contributed by atoms with E-state index in [1.807, 2.05) is 6.20 Å². The Hall–Kier alpha value is -1.87. The normalized spacial score (nSPS) is 16.4. The maximum atomic E-state index is 4.48. The molecule has 3 rings (SSSR count). The van der Waals surface area contributed by atoms with E-state index in [0.717, 1.165) is 38.5 Å². The second kappa shape index (κ2) is 6.06. The number of aromatic nitrogens is 1. The van der Waals surface area contributed by atoms with Crippen LogP contribution in [-0.2, 0) is 6.54 Å². The van der Waals surface area contributed by atoms with Gasteiger partial charge in [-0.1, -0.05) is 30.3 Å². The Morgan fingerprint density at radius 2 is 1.75 bits per heavy atom. The number of hydrogen-bond donors (Lipinski definition) is 0. The highest BCUT2D eigenvalue weighted by molar-refractivity contribution is 5.41. The van der Waals surface area contributed by atoms with Gasteiger partial charge < -0.3 is 4.90 Å². The van der Waals surface area contributed by atoms with Crippen molar-refractivity contribution in [2.45, 2.75) is 13.5 Å². The van der Waals surface area contributed by atoms with Gasteiger partial charge in [0, 0.05) is 38.9 Å². The number of pyridine rings is 1. The molecule has 0 aliphatic carbocycles. The Morgan fingerprint density at radius 1 is 1.00 bits per heavy atom. The van der Waals surface area contributed by atoms with Gasteiger partial charge in [0.1, 0.15) is 5.82 Å². The summed E-state index contributed by atoms with van der Waals surface area (Å²) in [7, 11) is 0. The first-order valence-corrected chi connectivity index (χ1v) is 7.25. The number of anilines is 1. The maximum Gasteiger partial charge on any atom is 0.128 e. The van der Waals surface area contributed by atoms with Crippen LogP contribution in [0.3, 0.4) is 0 Å². The maximum absolute atomic E-state index is 4.48. The molecule has 1 fully saturated rings. The number of rotatable bonds is 3. The molecule has 0 unspecified atom stereocenters. The van der Waals surface area contributed by atoms with Crippen LogP contribution in [0.25, 0.3) is 0 Å². The molecule has 0 amide bonds. The van der Waals surface area contributed by atoms with E-state index in [4.69, 9.17) is 0 Å². The molecular formula is C17H21N3. The Morgan fingerprint density at radius 3 is 2.45 bits per heavy atom. The number of piperazine rings is 1. The van der Waals surface area contributed by atoms with Gasteiger partial charge in [-0.2, -0.15) is 0 Å². The van der Waals surface area contributed by atoms with Crippen LogP contribution in [-0.4, -0.2) is 36.1 Å². The van der Waals surface area contributed by atoms with E-state index in [-0.39, 0.29) is 0 Å². The van der Waals surface area contributed by atoms with E-state index in [9.17, 15) is 0 Å². The van der Waals surface area contributed by atoms with E-state index in [2.05, 4.69) is 64.2 Å². The Labute approximate surface area is 120 Å². The van der Waals surface area contributed by atoms with Gasteiger partial charge in [-0.15, -0.1) is 0 Å². The minimum absolute atomic E-state index is 1.05. The molecule has 0 spiro atoms. The van der Waals surface area contributed by atoms with Gasteiger partial charge in [-0.05, 0) is 30.2 Å². The fourth-order valence-corrected chi connectivity index (χ4v) is 2.67. The molecular weight excluding hydrogens is 246 g/mol. The predicted molar refractivity (Wildman–Crippen MR) is 82.9 cm³/mol. The molecule has 0 N–H and O–H groups in total. The van der Waals surface area contributed by atoms with Crippen molar-refractivity contribution < 1.29 is 0 Å². The number of benzene rings is 1. The highest BCUT2D eigenvalue weighted by Crippen LogP contribution is 2.15. The van der Waals surface area contributed by atoms with Gasteiger partial charge in [-0.25, -0.2) is 4.98 Å². The molecule has 20 heavy (non-hydrogen) atoms. The Balaban J connectivity index is 1.57. The van der Waals surface area contributed by atoms with Crippen molar-refractivity contribution in [3.05, 3.63) is 59.8 Å². The summed E-state index contributed by atoms with van der Waals surface area (Å²) in [5.74, 6) is 1.12. The molecule has 1 aromatic heterocycles.